The van der Waals surface area contributed by atoms with Crippen molar-refractivity contribution in [2.45, 2.75) is 0 Å². The SMILES string of the molecule is Cn1cc(C(=O)Nc2csc(-c3cn[nH]c3)n2)c(C(N)=O)n1. The summed E-state index contributed by atoms with van der Waals surface area (Å²) in [4.78, 5) is 27.8. The number of hydrogen-bond donors (Lipinski definition) is 3. The van der Waals surface area contributed by atoms with Gasteiger partial charge >= 0.3 is 0 Å². The molecule has 0 spiro atoms. The standard InChI is InChI=1S/C12H11N7O2S/c1-19-4-7(9(18-19)10(13)20)11(21)16-8-5-22-12(17-8)6-2-14-15-3-6/h2-5H,1H3,(H2,13,20)(H,14,15)(H,16,21). The Kier molecular flexibility index (Phi) is 3.43. The molecule has 0 aliphatic heterocycles. The normalized spacial score (nSPS) is 10.6. The van der Waals surface area contributed by atoms with Gasteiger partial charge in [-0.1, -0.05) is 0 Å². The smallest absolute Gasteiger partial charge is 0.270 e. The molecule has 0 aliphatic rings. The minimum absolute atomic E-state index is 0.0784. The summed E-state index contributed by atoms with van der Waals surface area (Å²) in [5, 5.41) is 15.4. The molecule has 10 heteroatoms. The summed E-state index contributed by atoms with van der Waals surface area (Å²) in [5.41, 5.74) is 6.06. The van der Waals surface area contributed by atoms with Crippen LogP contribution in [-0.4, -0.2) is 36.8 Å². The number of carbonyl (C=O) groups excluding carboxylic acids is 2. The number of thiazole rings is 1. The lowest BCUT2D eigenvalue weighted by atomic mass is 10.2. The summed E-state index contributed by atoms with van der Waals surface area (Å²) in [5.74, 6) is -0.875. The molecule has 0 unspecified atom stereocenters. The molecule has 0 atom stereocenters. The maximum absolute atomic E-state index is 12.2. The maximum Gasteiger partial charge on any atom is 0.270 e. The molecular weight excluding hydrogens is 306 g/mol. The first kappa shape index (κ1) is 13.9. The minimum Gasteiger partial charge on any atom is -0.364 e. The van der Waals surface area contributed by atoms with Crippen LogP contribution in [0.4, 0.5) is 5.82 Å². The van der Waals surface area contributed by atoms with E-state index < -0.39 is 11.8 Å². The van der Waals surface area contributed by atoms with E-state index in [0.717, 1.165) is 5.56 Å². The summed E-state index contributed by atoms with van der Waals surface area (Å²) in [6, 6.07) is 0. The summed E-state index contributed by atoms with van der Waals surface area (Å²) in [6.07, 6.45) is 4.77. The predicted octanol–water partition coefficient (Wildman–Crippen LogP) is 0.618. The molecule has 0 bridgehead atoms. The highest BCUT2D eigenvalue weighted by Gasteiger charge is 2.20. The van der Waals surface area contributed by atoms with E-state index in [1.165, 1.54) is 22.2 Å². The number of nitrogens with two attached hydrogens (primary N) is 1. The molecule has 3 aromatic rings. The Labute approximate surface area is 128 Å². The van der Waals surface area contributed by atoms with E-state index in [4.69, 9.17) is 5.73 Å². The zero-order valence-corrected chi connectivity index (χ0v) is 12.2. The second kappa shape index (κ2) is 5.41. The van der Waals surface area contributed by atoms with Crippen LogP contribution >= 0.6 is 11.3 Å². The first-order valence-corrected chi connectivity index (χ1v) is 7.02. The monoisotopic (exact) mass is 317 g/mol. The number of rotatable bonds is 4. The third-order valence-corrected chi connectivity index (χ3v) is 3.69. The Morgan fingerprint density at radius 2 is 2.27 bits per heavy atom. The van der Waals surface area contributed by atoms with Gasteiger partial charge in [-0.15, -0.1) is 11.3 Å². The van der Waals surface area contributed by atoms with Crippen LogP contribution in [0.1, 0.15) is 20.8 Å². The second-order valence-corrected chi connectivity index (χ2v) is 5.27. The van der Waals surface area contributed by atoms with Crippen molar-refractivity contribution >= 4 is 29.0 Å². The molecule has 0 saturated carbocycles. The zero-order chi connectivity index (χ0) is 15.7. The van der Waals surface area contributed by atoms with E-state index in [1.54, 1.807) is 24.8 Å². The van der Waals surface area contributed by atoms with Crippen molar-refractivity contribution < 1.29 is 9.59 Å². The Bertz CT molecular complexity index is 834. The van der Waals surface area contributed by atoms with Crippen LogP contribution in [0.15, 0.2) is 24.0 Å². The molecule has 4 N–H and O–H groups in total. The molecule has 22 heavy (non-hydrogen) atoms. The predicted molar refractivity (Wildman–Crippen MR) is 79.4 cm³/mol. The number of anilines is 1. The van der Waals surface area contributed by atoms with E-state index in [9.17, 15) is 9.59 Å². The van der Waals surface area contributed by atoms with Gasteiger partial charge in [0, 0.05) is 30.4 Å². The number of amides is 2. The Hall–Kier alpha value is -3.01. The lowest BCUT2D eigenvalue weighted by Crippen LogP contribution is -2.19. The van der Waals surface area contributed by atoms with Gasteiger partial charge in [0.2, 0.25) is 0 Å². The molecule has 112 valence electrons. The molecule has 0 aromatic carbocycles. The van der Waals surface area contributed by atoms with Gasteiger partial charge in [-0.25, -0.2) is 4.98 Å². The van der Waals surface area contributed by atoms with E-state index in [0.29, 0.717) is 10.8 Å². The zero-order valence-electron chi connectivity index (χ0n) is 11.4. The number of aryl methyl sites for hydroxylation is 1. The Morgan fingerprint density at radius 1 is 1.45 bits per heavy atom. The van der Waals surface area contributed by atoms with Crippen LogP contribution in [0.25, 0.3) is 10.6 Å². The van der Waals surface area contributed by atoms with Crippen molar-refractivity contribution in [1.82, 2.24) is 25.0 Å². The van der Waals surface area contributed by atoms with Crippen molar-refractivity contribution in [2.24, 2.45) is 12.8 Å². The fraction of sp³-hybridized carbons (Fsp3) is 0.0833. The molecule has 2 amide bonds. The molecule has 0 saturated heterocycles. The van der Waals surface area contributed by atoms with Crippen LogP contribution in [-0.2, 0) is 7.05 Å². The Balaban J connectivity index is 1.82. The minimum atomic E-state index is -0.761. The molecule has 3 heterocycles. The number of carbonyl (C=O) groups is 2. The van der Waals surface area contributed by atoms with Gasteiger partial charge in [0.15, 0.2) is 5.69 Å². The quantitative estimate of drug-likeness (QED) is 0.649. The van der Waals surface area contributed by atoms with Crippen LogP contribution in [0, 0.1) is 0 Å². The number of nitrogens with one attached hydrogen (secondary N) is 2. The number of H-pyrrole nitrogens is 1. The fourth-order valence-corrected chi connectivity index (χ4v) is 2.59. The number of primary amides is 1. The average Bonchev–Trinajstić information content (AvgIpc) is 3.16. The van der Waals surface area contributed by atoms with Crippen molar-refractivity contribution in [3.05, 3.63) is 35.2 Å². The van der Waals surface area contributed by atoms with E-state index in [1.807, 2.05) is 0 Å². The summed E-state index contributed by atoms with van der Waals surface area (Å²) < 4.78 is 1.35. The van der Waals surface area contributed by atoms with E-state index in [2.05, 4.69) is 25.6 Å². The van der Waals surface area contributed by atoms with Gasteiger partial charge in [0.25, 0.3) is 11.8 Å². The van der Waals surface area contributed by atoms with Crippen LogP contribution in [0.2, 0.25) is 0 Å². The largest absolute Gasteiger partial charge is 0.364 e. The summed E-state index contributed by atoms with van der Waals surface area (Å²) in [6.45, 7) is 0. The summed E-state index contributed by atoms with van der Waals surface area (Å²) >= 11 is 1.36. The number of aromatic nitrogens is 5. The highest BCUT2D eigenvalue weighted by Crippen LogP contribution is 2.25. The van der Waals surface area contributed by atoms with E-state index >= 15 is 0 Å². The molecular formula is C12H11N7O2S. The highest BCUT2D eigenvalue weighted by atomic mass is 32.1. The highest BCUT2D eigenvalue weighted by molar-refractivity contribution is 7.13. The lowest BCUT2D eigenvalue weighted by molar-refractivity contribution is 0.0973. The molecule has 0 fully saturated rings. The van der Waals surface area contributed by atoms with Crippen LogP contribution in [0.5, 0.6) is 0 Å². The first-order chi connectivity index (χ1) is 10.5. The number of nitrogens with zero attached hydrogens (tertiary/aromatic N) is 4. The second-order valence-electron chi connectivity index (χ2n) is 4.41. The van der Waals surface area contributed by atoms with Gasteiger partial charge in [-0.05, 0) is 0 Å². The molecule has 3 aromatic heterocycles. The third kappa shape index (κ3) is 2.59. The maximum atomic E-state index is 12.2. The van der Waals surface area contributed by atoms with Crippen molar-refractivity contribution in [3.63, 3.8) is 0 Å². The van der Waals surface area contributed by atoms with Crippen LogP contribution in [0.3, 0.4) is 0 Å². The van der Waals surface area contributed by atoms with E-state index in [-0.39, 0.29) is 11.3 Å². The van der Waals surface area contributed by atoms with Crippen molar-refractivity contribution in [1.29, 1.82) is 0 Å². The molecule has 9 nitrogen and oxygen atoms in total. The van der Waals surface area contributed by atoms with Gasteiger partial charge in [0.05, 0.1) is 11.8 Å². The number of hydrogen-bond acceptors (Lipinski definition) is 6. The van der Waals surface area contributed by atoms with Crippen LogP contribution < -0.4 is 11.1 Å². The fourth-order valence-electron chi connectivity index (χ4n) is 1.85. The summed E-state index contributed by atoms with van der Waals surface area (Å²) in [7, 11) is 1.60. The lowest BCUT2D eigenvalue weighted by Gasteiger charge is -2.00. The number of aromatic amines is 1. The molecule has 0 aliphatic carbocycles. The topological polar surface area (TPSA) is 132 Å². The van der Waals surface area contributed by atoms with Crippen molar-refractivity contribution in [3.8, 4) is 10.6 Å². The van der Waals surface area contributed by atoms with Gasteiger partial charge in [-0.2, -0.15) is 10.2 Å². The van der Waals surface area contributed by atoms with Gasteiger partial charge in [0.1, 0.15) is 10.8 Å². The Morgan fingerprint density at radius 3 is 2.95 bits per heavy atom. The average molecular weight is 317 g/mol. The first-order valence-electron chi connectivity index (χ1n) is 6.14. The molecule has 3 rings (SSSR count). The molecule has 0 radical (unpaired) electrons. The third-order valence-electron chi connectivity index (χ3n) is 2.80. The van der Waals surface area contributed by atoms with Crippen molar-refractivity contribution in [2.75, 3.05) is 5.32 Å². The van der Waals surface area contributed by atoms with Gasteiger partial charge in [-0.3, -0.25) is 19.4 Å². The van der Waals surface area contributed by atoms with Gasteiger partial charge < -0.3 is 11.1 Å².